The summed E-state index contributed by atoms with van der Waals surface area (Å²) in [5, 5.41) is 3.88. The van der Waals surface area contributed by atoms with Crippen LogP contribution in [0.15, 0.2) is 76.7 Å². The summed E-state index contributed by atoms with van der Waals surface area (Å²) in [6, 6.07) is 15.3. The molecule has 0 bridgehead atoms. The lowest BCUT2D eigenvalue weighted by Crippen LogP contribution is -2.39. The van der Waals surface area contributed by atoms with Gasteiger partial charge in [0, 0.05) is 6.07 Å². The van der Waals surface area contributed by atoms with Crippen molar-refractivity contribution in [1.82, 2.24) is 5.43 Å². The monoisotopic (exact) mass is 557 g/mol. The van der Waals surface area contributed by atoms with Crippen LogP contribution in [-0.2, 0) is 24.3 Å². The number of carbonyl (C=O) groups excluding carboxylic acids is 2. The lowest BCUT2D eigenvalue weighted by atomic mass is 10.2. The highest BCUT2D eigenvalue weighted by Crippen LogP contribution is 2.34. The molecule has 4 rings (SSSR count). The van der Waals surface area contributed by atoms with E-state index in [9.17, 15) is 22.4 Å². The highest BCUT2D eigenvalue weighted by molar-refractivity contribution is 7.92. The van der Waals surface area contributed by atoms with Crippen LogP contribution < -0.4 is 23.9 Å². The van der Waals surface area contributed by atoms with Crippen molar-refractivity contribution in [2.24, 2.45) is 5.10 Å². The lowest BCUT2D eigenvalue weighted by Gasteiger charge is -2.25. The lowest BCUT2D eigenvalue weighted by molar-refractivity contribution is -0.142. The topological polar surface area (TPSA) is 133 Å². The van der Waals surface area contributed by atoms with Crippen molar-refractivity contribution in [3.8, 4) is 17.2 Å². The van der Waals surface area contributed by atoms with Gasteiger partial charge < -0.3 is 18.9 Å². The number of benzene rings is 3. The zero-order chi connectivity index (χ0) is 27.8. The largest absolute Gasteiger partial charge is 0.486 e. The van der Waals surface area contributed by atoms with Crippen LogP contribution in [0.3, 0.4) is 0 Å². The second-order valence-electron chi connectivity index (χ2n) is 8.02. The molecule has 204 valence electrons. The molecule has 0 saturated heterocycles. The first kappa shape index (κ1) is 27.4. The van der Waals surface area contributed by atoms with Crippen LogP contribution in [0.25, 0.3) is 0 Å². The number of ether oxygens (including phenoxy) is 4. The average molecular weight is 558 g/mol. The van der Waals surface area contributed by atoms with Crippen molar-refractivity contribution in [3.05, 3.63) is 78.1 Å². The van der Waals surface area contributed by atoms with E-state index in [0.29, 0.717) is 23.7 Å². The van der Waals surface area contributed by atoms with E-state index in [2.05, 4.69) is 15.3 Å². The summed E-state index contributed by atoms with van der Waals surface area (Å²) in [6.45, 7) is -0.321. The Morgan fingerprint density at radius 3 is 2.54 bits per heavy atom. The average Bonchev–Trinajstić information content (AvgIpc) is 2.95. The summed E-state index contributed by atoms with van der Waals surface area (Å²) in [6.07, 6.45) is 1.32. The summed E-state index contributed by atoms with van der Waals surface area (Å²) in [4.78, 5) is 23.9. The van der Waals surface area contributed by atoms with E-state index in [4.69, 9.17) is 14.2 Å². The van der Waals surface area contributed by atoms with Gasteiger partial charge in [-0.05, 0) is 54.1 Å². The maximum atomic E-state index is 13.6. The fourth-order valence-electron chi connectivity index (χ4n) is 3.46. The number of amides is 1. The number of hydrazone groups is 1. The molecule has 0 aliphatic carbocycles. The Morgan fingerprint density at radius 2 is 1.79 bits per heavy atom. The molecule has 13 heteroatoms. The van der Waals surface area contributed by atoms with Gasteiger partial charge in [0.1, 0.15) is 31.3 Å². The van der Waals surface area contributed by atoms with E-state index in [1.165, 1.54) is 43.7 Å². The molecule has 39 heavy (non-hydrogen) atoms. The number of hydrogen-bond donors (Lipinski definition) is 1. The van der Waals surface area contributed by atoms with E-state index in [1.807, 2.05) is 0 Å². The van der Waals surface area contributed by atoms with Gasteiger partial charge in [0.2, 0.25) is 0 Å². The zero-order valence-electron chi connectivity index (χ0n) is 20.7. The second-order valence-corrected chi connectivity index (χ2v) is 9.89. The smallest absolute Gasteiger partial charge is 0.343 e. The number of hydrogen-bond acceptors (Lipinski definition) is 9. The molecule has 1 aliphatic rings. The zero-order valence-corrected chi connectivity index (χ0v) is 21.5. The molecule has 11 nitrogen and oxygen atoms in total. The van der Waals surface area contributed by atoms with Crippen LogP contribution in [0, 0.1) is 5.82 Å². The minimum absolute atomic E-state index is 0.0703. The number of fused-ring (bicyclic) bond motifs is 1. The van der Waals surface area contributed by atoms with E-state index in [1.54, 1.807) is 24.3 Å². The molecule has 0 fully saturated rings. The van der Waals surface area contributed by atoms with Gasteiger partial charge in [0.05, 0.1) is 23.9 Å². The van der Waals surface area contributed by atoms with Gasteiger partial charge in [-0.15, -0.1) is 0 Å². The molecule has 0 spiro atoms. The van der Waals surface area contributed by atoms with E-state index in [-0.39, 0.29) is 29.5 Å². The van der Waals surface area contributed by atoms with Crippen LogP contribution in [0.1, 0.15) is 5.56 Å². The summed E-state index contributed by atoms with van der Waals surface area (Å²) >= 11 is 0. The van der Waals surface area contributed by atoms with Crippen LogP contribution in [0.5, 0.6) is 17.2 Å². The van der Waals surface area contributed by atoms with Crippen LogP contribution >= 0.6 is 0 Å². The third-order valence-electron chi connectivity index (χ3n) is 5.35. The normalized spacial score (nSPS) is 12.6. The standard InChI is InChI=1S/C26H24FN3O8S/c1-35-26(32)17-38-21-4-2-3-18(13-21)15-28-29-25(31)16-30(20-7-5-19(27)6-8-20)39(33,34)22-9-10-23-24(14-22)37-12-11-36-23/h2-10,13-15H,11-12,16-17H2,1H3,(H,29,31). The number of sulfonamides is 1. The molecular formula is C26H24FN3O8S. The third kappa shape index (κ3) is 7.02. The van der Waals surface area contributed by atoms with Gasteiger partial charge in [-0.1, -0.05) is 12.1 Å². The molecule has 0 aromatic heterocycles. The van der Waals surface area contributed by atoms with Gasteiger partial charge >= 0.3 is 5.97 Å². The first-order valence-corrected chi connectivity index (χ1v) is 13.0. The van der Waals surface area contributed by atoms with Crippen LogP contribution in [0.4, 0.5) is 10.1 Å². The number of carbonyl (C=O) groups is 2. The predicted molar refractivity (Wildman–Crippen MR) is 138 cm³/mol. The number of rotatable bonds is 10. The van der Waals surface area contributed by atoms with Crippen molar-refractivity contribution in [1.29, 1.82) is 0 Å². The molecule has 0 saturated carbocycles. The molecule has 0 radical (unpaired) electrons. The van der Waals surface area contributed by atoms with Crippen molar-refractivity contribution in [2.75, 3.05) is 37.8 Å². The van der Waals surface area contributed by atoms with Crippen LogP contribution in [0.2, 0.25) is 0 Å². The van der Waals surface area contributed by atoms with E-state index < -0.39 is 34.3 Å². The molecule has 0 atom stereocenters. The molecule has 0 unspecified atom stereocenters. The fourth-order valence-corrected chi connectivity index (χ4v) is 4.90. The number of methoxy groups -OCH3 is 1. The van der Waals surface area contributed by atoms with Crippen molar-refractivity contribution >= 4 is 33.8 Å². The Hall–Kier alpha value is -4.65. The Labute approximate surface area is 223 Å². The minimum Gasteiger partial charge on any atom is -0.486 e. The molecule has 3 aromatic carbocycles. The first-order chi connectivity index (χ1) is 18.8. The number of nitrogens with one attached hydrogen (secondary N) is 1. The quantitative estimate of drug-likeness (QED) is 0.228. The number of halogens is 1. The second kappa shape index (κ2) is 12.3. The third-order valence-corrected chi connectivity index (χ3v) is 7.12. The van der Waals surface area contributed by atoms with E-state index >= 15 is 0 Å². The van der Waals surface area contributed by atoms with Gasteiger partial charge in [0.25, 0.3) is 15.9 Å². The van der Waals surface area contributed by atoms with Gasteiger partial charge in [-0.25, -0.2) is 23.0 Å². The number of nitrogens with zero attached hydrogens (tertiary/aromatic N) is 2. The van der Waals surface area contributed by atoms with Gasteiger partial charge in [-0.3, -0.25) is 9.10 Å². The van der Waals surface area contributed by atoms with Crippen molar-refractivity contribution in [2.45, 2.75) is 4.90 Å². The SMILES string of the molecule is COC(=O)COc1cccc(C=NNC(=O)CN(c2ccc(F)cc2)S(=O)(=O)c2ccc3c(c2)OCCO3)c1. The van der Waals surface area contributed by atoms with E-state index in [0.717, 1.165) is 16.4 Å². The molecule has 1 amide bonds. The van der Waals surface area contributed by atoms with Crippen molar-refractivity contribution < 1.29 is 41.3 Å². The van der Waals surface area contributed by atoms with Gasteiger partial charge in [0.15, 0.2) is 18.1 Å². The van der Waals surface area contributed by atoms with Crippen LogP contribution in [-0.4, -0.2) is 60.0 Å². The molecule has 3 aromatic rings. The summed E-state index contributed by atoms with van der Waals surface area (Å²) in [5.41, 5.74) is 2.89. The first-order valence-electron chi connectivity index (χ1n) is 11.6. The summed E-state index contributed by atoms with van der Waals surface area (Å²) in [5.74, 6) is -0.826. The maximum Gasteiger partial charge on any atom is 0.343 e. The Kier molecular flexibility index (Phi) is 8.61. The molecule has 1 N–H and O–H groups in total. The summed E-state index contributed by atoms with van der Waals surface area (Å²) in [7, 11) is -3.04. The highest BCUT2D eigenvalue weighted by Gasteiger charge is 2.29. The predicted octanol–water partition coefficient (Wildman–Crippen LogP) is 2.49. The summed E-state index contributed by atoms with van der Waals surface area (Å²) < 4.78 is 62.3. The number of esters is 1. The number of anilines is 1. The Morgan fingerprint density at radius 1 is 1.05 bits per heavy atom. The van der Waals surface area contributed by atoms with Crippen molar-refractivity contribution in [3.63, 3.8) is 0 Å². The minimum atomic E-state index is -4.29. The Bertz CT molecular complexity index is 1480. The molecular weight excluding hydrogens is 533 g/mol. The highest BCUT2D eigenvalue weighted by atomic mass is 32.2. The maximum absolute atomic E-state index is 13.6. The van der Waals surface area contributed by atoms with Gasteiger partial charge in [-0.2, -0.15) is 5.10 Å². The molecule has 1 heterocycles. The Balaban J connectivity index is 1.50. The fraction of sp³-hybridized carbons (Fsp3) is 0.192. The molecule has 1 aliphatic heterocycles.